The van der Waals surface area contributed by atoms with Gasteiger partial charge < -0.3 is 19.7 Å². The molecule has 0 aromatic heterocycles. The van der Waals surface area contributed by atoms with E-state index in [0.717, 1.165) is 21.7 Å². The molecule has 1 N–H and O–H groups in total. The Labute approximate surface area is 243 Å². The highest BCUT2D eigenvalue weighted by molar-refractivity contribution is 7.92. The lowest BCUT2D eigenvalue weighted by molar-refractivity contribution is -0.140. The largest absolute Gasteiger partial charge is 0.497 e. The Hall–Kier alpha value is -4.05. The predicted octanol–water partition coefficient (Wildman–Crippen LogP) is 3.88. The molecule has 0 aliphatic carbocycles. The number of carbonyl (C=O) groups excluding carboxylic acids is 2. The molecule has 0 aliphatic rings. The van der Waals surface area contributed by atoms with Gasteiger partial charge in [-0.3, -0.25) is 13.9 Å². The minimum Gasteiger partial charge on any atom is -0.497 e. The van der Waals surface area contributed by atoms with E-state index in [4.69, 9.17) is 9.47 Å². The van der Waals surface area contributed by atoms with Crippen LogP contribution >= 0.6 is 0 Å². The molecule has 3 rings (SSSR count). The predicted molar refractivity (Wildman–Crippen MR) is 161 cm³/mol. The fourth-order valence-electron chi connectivity index (χ4n) is 4.34. The fourth-order valence-corrected chi connectivity index (χ4v) is 5.19. The number of methoxy groups -OCH3 is 2. The maximum Gasteiger partial charge on any atom is 0.244 e. The molecule has 2 amide bonds. The molecule has 0 saturated carbocycles. The summed E-state index contributed by atoms with van der Waals surface area (Å²) in [5, 5.41) is 2.97. The minimum absolute atomic E-state index is 0.110. The van der Waals surface area contributed by atoms with Crippen LogP contribution in [-0.2, 0) is 32.6 Å². The lowest BCUT2D eigenvalue weighted by Crippen LogP contribution is -2.53. The first-order valence-electron chi connectivity index (χ1n) is 13.4. The first-order valence-corrected chi connectivity index (χ1v) is 15.2. The molecule has 0 radical (unpaired) electrons. The van der Waals surface area contributed by atoms with Gasteiger partial charge in [0.2, 0.25) is 21.8 Å². The highest BCUT2D eigenvalue weighted by Gasteiger charge is 2.34. The van der Waals surface area contributed by atoms with Crippen LogP contribution in [0.5, 0.6) is 11.5 Å². The van der Waals surface area contributed by atoms with Gasteiger partial charge in [0.25, 0.3) is 0 Å². The highest BCUT2D eigenvalue weighted by Crippen LogP contribution is 2.34. The molecule has 0 aliphatic heterocycles. The van der Waals surface area contributed by atoms with Crippen molar-refractivity contribution < 1.29 is 27.5 Å². The van der Waals surface area contributed by atoms with Crippen molar-refractivity contribution in [2.75, 3.05) is 37.9 Å². The number of carbonyl (C=O) groups is 2. The molecule has 0 saturated heterocycles. The number of anilines is 1. The zero-order valence-electron chi connectivity index (χ0n) is 24.2. The molecular weight excluding hydrogens is 542 g/mol. The van der Waals surface area contributed by atoms with Crippen LogP contribution in [0.25, 0.3) is 0 Å². The third kappa shape index (κ3) is 8.97. The van der Waals surface area contributed by atoms with Crippen molar-refractivity contribution in [3.63, 3.8) is 0 Å². The lowest BCUT2D eigenvalue weighted by atomic mass is 10.0. The molecule has 0 bridgehead atoms. The van der Waals surface area contributed by atoms with Crippen LogP contribution in [-0.4, -0.2) is 64.7 Å². The van der Waals surface area contributed by atoms with E-state index in [1.807, 2.05) is 74.5 Å². The lowest BCUT2D eigenvalue weighted by Gasteiger charge is -2.34. The van der Waals surface area contributed by atoms with E-state index in [9.17, 15) is 18.0 Å². The van der Waals surface area contributed by atoms with Crippen LogP contribution in [0.4, 0.5) is 5.69 Å². The molecule has 9 nitrogen and oxygen atoms in total. The van der Waals surface area contributed by atoms with Crippen LogP contribution in [0.2, 0.25) is 0 Å². The Morgan fingerprint density at radius 2 is 1.49 bits per heavy atom. The van der Waals surface area contributed by atoms with Crippen LogP contribution in [0.1, 0.15) is 25.0 Å². The average molecular weight is 582 g/mol. The molecule has 0 heterocycles. The minimum atomic E-state index is -3.95. The highest BCUT2D eigenvalue weighted by atomic mass is 32.2. The molecule has 41 heavy (non-hydrogen) atoms. The summed E-state index contributed by atoms with van der Waals surface area (Å²) in [6, 6.07) is 22.6. The summed E-state index contributed by atoms with van der Waals surface area (Å²) in [5.41, 5.74) is 1.84. The van der Waals surface area contributed by atoms with Gasteiger partial charge in [-0.2, -0.15) is 0 Å². The summed E-state index contributed by atoms with van der Waals surface area (Å²) in [5.74, 6) is 0.0181. The first kappa shape index (κ1) is 31.5. The third-order valence-corrected chi connectivity index (χ3v) is 7.61. The van der Waals surface area contributed by atoms with Crippen LogP contribution in [0.3, 0.4) is 0 Å². The van der Waals surface area contributed by atoms with Crippen molar-refractivity contribution in [2.45, 2.75) is 32.9 Å². The molecule has 1 atom stereocenters. The maximum absolute atomic E-state index is 14.2. The molecule has 3 aromatic rings. The van der Waals surface area contributed by atoms with Gasteiger partial charge in [-0.25, -0.2) is 8.42 Å². The quantitative estimate of drug-likeness (QED) is 0.310. The van der Waals surface area contributed by atoms with Crippen molar-refractivity contribution in [2.24, 2.45) is 5.92 Å². The summed E-state index contributed by atoms with van der Waals surface area (Å²) >= 11 is 0. The second-order valence-electron chi connectivity index (χ2n) is 10.2. The van der Waals surface area contributed by atoms with Crippen molar-refractivity contribution in [3.8, 4) is 11.5 Å². The standard InChI is InChI=1S/C31H39N3O6S/c1-23(2)20-32-31(36)28(18-24-12-8-6-9-13-24)33(21-25-14-10-7-11-15-25)30(35)22-34(41(5,37)38)27-19-26(39-3)16-17-29(27)40-4/h6-17,19,23,28H,18,20-22H2,1-5H3,(H,32,36). The summed E-state index contributed by atoms with van der Waals surface area (Å²) in [6.07, 6.45) is 1.28. The number of sulfonamides is 1. The number of rotatable bonds is 14. The third-order valence-electron chi connectivity index (χ3n) is 6.49. The van der Waals surface area contributed by atoms with Crippen LogP contribution in [0.15, 0.2) is 78.9 Å². The van der Waals surface area contributed by atoms with Crippen molar-refractivity contribution in [1.82, 2.24) is 10.2 Å². The van der Waals surface area contributed by atoms with Crippen molar-refractivity contribution in [3.05, 3.63) is 90.0 Å². The molecule has 0 spiro atoms. The topological polar surface area (TPSA) is 105 Å². The monoisotopic (exact) mass is 581 g/mol. The van der Waals surface area contributed by atoms with Gasteiger partial charge in [-0.05, 0) is 29.2 Å². The number of amides is 2. The van der Waals surface area contributed by atoms with E-state index < -0.39 is 28.5 Å². The SMILES string of the molecule is COc1ccc(OC)c(N(CC(=O)N(Cc2ccccc2)C(Cc2ccccc2)C(=O)NCC(C)C)S(C)(=O)=O)c1. The number of benzene rings is 3. The fraction of sp³-hybridized carbons (Fsp3) is 0.355. The van der Waals surface area contributed by atoms with Gasteiger partial charge in [0.05, 0.1) is 26.2 Å². The Bertz CT molecular complexity index is 1400. The molecule has 10 heteroatoms. The Morgan fingerprint density at radius 3 is 2.02 bits per heavy atom. The van der Waals surface area contributed by atoms with Gasteiger partial charge in [-0.15, -0.1) is 0 Å². The Kier molecular flexibility index (Phi) is 11.2. The van der Waals surface area contributed by atoms with Gasteiger partial charge in [-0.1, -0.05) is 74.5 Å². The van der Waals surface area contributed by atoms with Crippen molar-refractivity contribution >= 4 is 27.5 Å². The summed E-state index contributed by atoms with van der Waals surface area (Å²) < 4.78 is 37.9. The molecule has 0 fully saturated rings. The van der Waals surface area contributed by atoms with Crippen molar-refractivity contribution in [1.29, 1.82) is 0 Å². The number of ether oxygens (including phenoxy) is 2. The van der Waals surface area contributed by atoms with Gasteiger partial charge in [0.15, 0.2) is 0 Å². The second kappa shape index (κ2) is 14.5. The van der Waals surface area contributed by atoms with E-state index in [2.05, 4.69) is 5.32 Å². The Morgan fingerprint density at radius 1 is 0.878 bits per heavy atom. The maximum atomic E-state index is 14.2. The van der Waals surface area contributed by atoms with Gasteiger partial charge in [0.1, 0.15) is 24.1 Å². The molecular formula is C31H39N3O6S. The number of hydrogen-bond acceptors (Lipinski definition) is 6. The van der Waals surface area contributed by atoms with E-state index in [1.165, 1.54) is 25.2 Å². The van der Waals surface area contributed by atoms with Gasteiger partial charge >= 0.3 is 0 Å². The number of hydrogen-bond donors (Lipinski definition) is 1. The number of nitrogens with zero attached hydrogens (tertiary/aromatic N) is 2. The van der Waals surface area contributed by atoms with Crippen LogP contribution < -0.4 is 19.1 Å². The summed E-state index contributed by atoms with van der Waals surface area (Å²) in [7, 11) is -1.07. The zero-order valence-corrected chi connectivity index (χ0v) is 25.1. The summed E-state index contributed by atoms with van der Waals surface area (Å²) in [6.45, 7) is 3.99. The average Bonchev–Trinajstić information content (AvgIpc) is 2.96. The Balaban J connectivity index is 2.08. The van der Waals surface area contributed by atoms with E-state index >= 15 is 0 Å². The second-order valence-corrected chi connectivity index (χ2v) is 12.1. The van der Waals surface area contributed by atoms with Crippen LogP contribution in [0, 0.1) is 5.92 Å². The number of nitrogens with one attached hydrogen (secondary N) is 1. The first-order chi connectivity index (χ1) is 19.5. The van der Waals surface area contributed by atoms with E-state index in [1.54, 1.807) is 12.1 Å². The van der Waals surface area contributed by atoms with E-state index in [0.29, 0.717) is 12.3 Å². The smallest absolute Gasteiger partial charge is 0.244 e. The molecule has 3 aromatic carbocycles. The van der Waals surface area contributed by atoms with Gasteiger partial charge in [0, 0.05) is 25.6 Å². The summed E-state index contributed by atoms with van der Waals surface area (Å²) in [4.78, 5) is 29.3. The zero-order chi connectivity index (χ0) is 30.0. The van der Waals surface area contributed by atoms with E-state index in [-0.39, 0.29) is 36.2 Å². The normalized spacial score (nSPS) is 12.0. The molecule has 1 unspecified atom stereocenters. The molecule has 220 valence electrons.